The van der Waals surface area contributed by atoms with E-state index >= 15 is 0 Å². The number of aromatic nitrogens is 1. The van der Waals surface area contributed by atoms with Gasteiger partial charge in [-0.1, -0.05) is 24.3 Å². The third kappa shape index (κ3) is 2.56. The second-order valence-electron chi connectivity index (χ2n) is 5.20. The van der Waals surface area contributed by atoms with Gasteiger partial charge in [0.05, 0.1) is 5.01 Å². The van der Waals surface area contributed by atoms with Gasteiger partial charge in [-0.25, -0.2) is 4.98 Å². The van der Waals surface area contributed by atoms with E-state index in [1.54, 1.807) is 11.3 Å². The summed E-state index contributed by atoms with van der Waals surface area (Å²) in [7, 11) is 0. The minimum absolute atomic E-state index is 0.272. The van der Waals surface area contributed by atoms with Gasteiger partial charge in [0, 0.05) is 29.5 Å². The van der Waals surface area contributed by atoms with Crippen molar-refractivity contribution in [1.29, 1.82) is 0 Å². The molecule has 1 heterocycles. The molecule has 0 radical (unpaired) electrons. The number of thiazole rings is 1. The first kappa shape index (κ1) is 12.8. The molecule has 0 amide bonds. The summed E-state index contributed by atoms with van der Waals surface area (Å²) in [6.07, 6.45) is 3.25. The number of rotatable bonds is 4. The molecule has 2 aromatic rings. The fourth-order valence-corrected chi connectivity index (χ4v) is 3.84. The van der Waals surface area contributed by atoms with Crippen molar-refractivity contribution in [1.82, 2.24) is 10.4 Å². The fourth-order valence-electron chi connectivity index (χ4n) is 3.01. The summed E-state index contributed by atoms with van der Waals surface area (Å²) in [6.45, 7) is 2.04. The fraction of sp³-hybridized carbons (Fsp3) is 0.400. The number of hydrazine groups is 1. The van der Waals surface area contributed by atoms with Gasteiger partial charge < -0.3 is 0 Å². The number of aryl methyl sites for hydroxylation is 2. The van der Waals surface area contributed by atoms with Crippen molar-refractivity contribution in [2.45, 2.75) is 38.1 Å². The molecule has 0 saturated carbocycles. The Hall–Kier alpha value is -1.23. The molecule has 3 N–H and O–H groups in total. The van der Waals surface area contributed by atoms with Crippen LogP contribution in [0.2, 0.25) is 0 Å². The van der Waals surface area contributed by atoms with Gasteiger partial charge in [0.15, 0.2) is 0 Å². The molecule has 0 saturated heterocycles. The maximum atomic E-state index is 5.79. The van der Waals surface area contributed by atoms with Gasteiger partial charge in [-0.15, -0.1) is 11.3 Å². The lowest BCUT2D eigenvalue weighted by Gasteiger charge is -2.22. The van der Waals surface area contributed by atoms with Crippen molar-refractivity contribution >= 4 is 11.3 Å². The summed E-state index contributed by atoms with van der Waals surface area (Å²) in [5.74, 6) is 6.30. The molecule has 3 nitrogen and oxygen atoms in total. The van der Waals surface area contributed by atoms with Crippen LogP contribution >= 0.6 is 11.3 Å². The van der Waals surface area contributed by atoms with E-state index in [0.717, 1.165) is 18.5 Å². The quantitative estimate of drug-likeness (QED) is 0.665. The summed E-state index contributed by atoms with van der Waals surface area (Å²) < 4.78 is 0. The van der Waals surface area contributed by atoms with Crippen LogP contribution in [0.25, 0.3) is 0 Å². The summed E-state index contributed by atoms with van der Waals surface area (Å²) >= 11 is 1.73. The molecule has 3 rings (SSSR count). The molecule has 100 valence electrons. The lowest BCUT2D eigenvalue weighted by atomic mass is 9.91. The number of hydrogen-bond donors (Lipinski definition) is 2. The lowest BCUT2D eigenvalue weighted by molar-refractivity contribution is 0.434. The van der Waals surface area contributed by atoms with E-state index in [9.17, 15) is 0 Å². The van der Waals surface area contributed by atoms with Gasteiger partial charge in [0.1, 0.15) is 0 Å². The van der Waals surface area contributed by atoms with E-state index in [-0.39, 0.29) is 6.04 Å². The first-order chi connectivity index (χ1) is 9.28. The minimum Gasteiger partial charge on any atom is -0.271 e. The van der Waals surface area contributed by atoms with Crippen LogP contribution in [0.3, 0.4) is 0 Å². The molecule has 1 aromatic heterocycles. The first-order valence-corrected chi connectivity index (χ1v) is 7.61. The predicted octanol–water partition coefficient (Wildman–Crippen LogP) is 2.56. The number of fused-ring (bicyclic) bond motifs is 1. The smallest absolute Gasteiger partial charge is 0.0944 e. The van der Waals surface area contributed by atoms with Crippen LogP contribution in [0, 0.1) is 6.92 Å². The molecular weight excluding hydrogens is 254 g/mol. The van der Waals surface area contributed by atoms with Crippen molar-refractivity contribution in [2.24, 2.45) is 5.84 Å². The van der Waals surface area contributed by atoms with Gasteiger partial charge >= 0.3 is 0 Å². The van der Waals surface area contributed by atoms with Crippen LogP contribution in [0.4, 0.5) is 0 Å². The molecule has 0 fully saturated rings. The topological polar surface area (TPSA) is 50.9 Å². The SMILES string of the molecule is Cc1csc(CC(NN)C2CCc3ccccc32)n1. The lowest BCUT2D eigenvalue weighted by Crippen LogP contribution is -2.40. The molecule has 2 atom stereocenters. The third-order valence-corrected chi connectivity index (χ3v) is 4.93. The number of nitrogens with zero attached hydrogens (tertiary/aromatic N) is 1. The van der Waals surface area contributed by atoms with E-state index < -0.39 is 0 Å². The minimum atomic E-state index is 0.272. The van der Waals surface area contributed by atoms with Gasteiger partial charge in [-0.3, -0.25) is 11.3 Å². The number of hydrogen-bond acceptors (Lipinski definition) is 4. The maximum absolute atomic E-state index is 5.79. The maximum Gasteiger partial charge on any atom is 0.0944 e. The van der Waals surface area contributed by atoms with E-state index in [1.807, 2.05) is 6.92 Å². The Morgan fingerprint density at radius 3 is 3.05 bits per heavy atom. The molecule has 1 aliphatic carbocycles. The van der Waals surface area contributed by atoms with Crippen LogP contribution in [0.1, 0.15) is 34.2 Å². The van der Waals surface area contributed by atoms with Crippen molar-refractivity contribution in [3.8, 4) is 0 Å². The summed E-state index contributed by atoms with van der Waals surface area (Å²) in [5.41, 5.74) is 7.04. The van der Waals surface area contributed by atoms with Crippen LogP contribution in [-0.4, -0.2) is 11.0 Å². The van der Waals surface area contributed by atoms with Crippen LogP contribution in [0.15, 0.2) is 29.6 Å². The van der Waals surface area contributed by atoms with Gasteiger partial charge in [-0.2, -0.15) is 0 Å². The van der Waals surface area contributed by atoms with E-state index in [2.05, 4.69) is 40.1 Å². The zero-order valence-corrected chi connectivity index (χ0v) is 11.9. The van der Waals surface area contributed by atoms with Crippen LogP contribution in [-0.2, 0) is 12.8 Å². The first-order valence-electron chi connectivity index (χ1n) is 6.73. The Bertz CT molecular complexity index is 564. The normalized spacial score (nSPS) is 19.4. The zero-order chi connectivity index (χ0) is 13.2. The average Bonchev–Trinajstić information content (AvgIpc) is 3.02. The Balaban J connectivity index is 1.80. The van der Waals surface area contributed by atoms with Crippen molar-refractivity contribution in [3.05, 3.63) is 51.5 Å². The highest BCUT2D eigenvalue weighted by Crippen LogP contribution is 2.36. The predicted molar refractivity (Wildman–Crippen MR) is 79.2 cm³/mol. The second kappa shape index (κ2) is 5.41. The van der Waals surface area contributed by atoms with Crippen molar-refractivity contribution in [3.63, 3.8) is 0 Å². The molecule has 1 aliphatic rings. The van der Waals surface area contributed by atoms with Gasteiger partial charge in [-0.05, 0) is 30.9 Å². The Morgan fingerprint density at radius 2 is 2.32 bits per heavy atom. The largest absolute Gasteiger partial charge is 0.271 e. The van der Waals surface area contributed by atoms with Gasteiger partial charge in [0.25, 0.3) is 0 Å². The third-order valence-electron chi connectivity index (χ3n) is 3.94. The van der Waals surface area contributed by atoms with E-state index in [4.69, 9.17) is 5.84 Å². The van der Waals surface area contributed by atoms with Crippen molar-refractivity contribution < 1.29 is 0 Å². The van der Waals surface area contributed by atoms with Crippen molar-refractivity contribution in [2.75, 3.05) is 0 Å². The molecular formula is C15H19N3S. The molecule has 1 aromatic carbocycles. The Morgan fingerprint density at radius 1 is 1.47 bits per heavy atom. The average molecular weight is 273 g/mol. The number of nitrogens with two attached hydrogens (primary N) is 1. The van der Waals surface area contributed by atoms with Crippen LogP contribution in [0.5, 0.6) is 0 Å². The highest BCUT2D eigenvalue weighted by Gasteiger charge is 2.29. The van der Waals surface area contributed by atoms with E-state index in [0.29, 0.717) is 5.92 Å². The van der Waals surface area contributed by atoms with E-state index in [1.165, 1.54) is 22.6 Å². The van der Waals surface area contributed by atoms with Gasteiger partial charge in [0.2, 0.25) is 0 Å². The highest BCUT2D eigenvalue weighted by atomic mass is 32.1. The molecule has 2 unspecified atom stereocenters. The number of nitrogens with one attached hydrogen (secondary N) is 1. The second-order valence-corrected chi connectivity index (χ2v) is 6.15. The summed E-state index contributed by atoms with van der Waals surface area (Å²) in [5, 5.41) is 3.27. The molecule has 0 spiro atoms. The zero-order valence-electron chi connectivity index (χ0n) is 11.1. The molecule has 0 aliphatic heterocycles. The Labute approximate surface area is 117 Å². The highest BCUT2D eigenvalue weighted by molar-refractivity contribution is 7.09. The summed E-state index contributed by atoms with van der Waals surface area (Å²) in [6, 6.07) is 8.99. The molecule has 4 heteroatoms. The monoisotopic (exact) mass is 273 g/mol. The summed E-state index contributed by atoms with van der Waals surface area (Å²) in [4.78, 5) is 4.55. The van der Waals surface area contributed by atoms with Crippen LogP contribution < -0.4 is 11.3 Å². The molecule has 19 heavy (non-hydrogen) atoms. The molecule has 0 bridgehead atoms. The Kier molecular flexibility index (Phi) is 3.64. The number of benzene rings is 1. The standard InChI is InChI=1S/C15H19N3S/c1-10-9-19-15(17-10)8-14(18-16)13-7-6-11-4-2-3-5-12(11)13/h2-5,9,13-14,18H,6-8,16H2,1H3.